The van der Waals surface area contributed by atoms with Crippen LogP contribution in [-0.2, 0) is 10.4 Å². The summed E-state index contributed by atoms with van der Waals surface area (Å²) in [6.45, 7) is 0. The molecule has 0 amide bonds. The van der Waals surface area contributed by atoms with Gasteiger partial charge in [-0.2, -0.15) is 8.42 Å². The Bertz CT molecular complexity index is 102. The summed E-state index contributed by atoms with van der Waals surface area (Å²) < 4.78 is 31.6. The molecule has 0 aliphatic heterocycles. The smallest absolute Gasteiger partial charge is 1.00 e. The molecule has 0 aromatic heterocycles. The average molecular weight is 170 g/mol. The minimum Gasteiger partial charge on any atom is -1.00 e. The summed E-state index contributed by atoms with van der Waals surface area (Å²) >= 11 is 0. The fraction of sp³-hybridized carbons (Fsp3) is 0. The number of hydrogen-bond acceptors (Lipinski definition) is 2. The zero-order valence-corrected chi connectivity index (χ0v) is 5.85. The van der Waals surface area contributed by atoms with Gasteiger partial charge in [0.2, 0.25) is 0 Å². The van der Waals surface area contributed by atoms with Crippen LogP contribution < -0.4 is 0 Å². The predicted molar refractivity (Wildman–Crippen MR) is 32.1 cm³/mol. The van der Waals surface area contributed by atoms with Gasteiger partial charge in [-0.1, -0.05) is 0 Å². The van der Waals surface area contributed by atoms with E-state index in [-0.39, 0.29) is 58.0 Å². The SMILES string of the molecule is O=S(=O)(O)O.[AlH3].[Ca+2].[H-].[H-]. The maximum Gasteiger partial charge on any atom is 2.00 e. The molecule has 4 nitrogen and oxygen atoms in total. The van der Waals surface area contributed by atoms with Gasteiger partial charge < -0.3 is 2.85 Å². The van der Waals surface area contributed by atoms with Crippen molar-refractivity contribution in [3.05, 3.63) is 0 Å². The van der Waals surface area contributed by atoms with Gasteiger partial charge >= 0.3 is 48.1 Å². The fourth-order valence-electron chi connectivity index (χ4n) is 0. The third-order valence-electron chi connectivity index (χ3n) is 0. The Morgan fingerprint density at radius 2 is 1.29 bits per heavy atom. The van der Waals surface area contributed by atoms with E-state index in [1.165, 1.54) is 0 Å². The molecule has 0 radical (unpaired) electrons. The summed E-state index contributed by atoms with van der Waals surface area (Å²) in [7, 11) is -4.67. The van der Waals surface area contributed by atoms with Crippen LogP contribution in [0.5, 0.6) is 0 Å². The molecular weight excluding hydrogens is 163 g/mol. The summed E-state index contributed by atoms with van der Waals surface area (Å²) in [5.41, 5.74) is 0. The van der Waals surface area contributed by atoms with Crippen molar-refractivity contribution in [3.63, 3.8) is 0 Å². The van der Waals surface area contributed by atoms with Gasteiger partial charge in [0.15, 0.2) is 17.4 Å². The van der Waals surface area contributed by atoms with Gasteiger partial charge in [-0.05, 0) is 0 Å². The van der Waals surface area contributed by atoms with Crippen LogP contribution in [0.25, 0.3) is 0 Å². The molecular formula is H7AlCaO4S. The first-order valence-corrected chi connectivity index (χ1v) is 2.10. The Kier molecular flexibility index (Phi) is 13.1. The Balaban J connectivity index is -0.0000000133. The van der Waals surface area contributed by atoms with Crippen molar-refractivity contribution in [3.8, 4) is 0 Å². The van der Waals surface area contributed by atoms with Crippen molar-refractivity contribution in [2.75, 3.05) is 0 Å². The van der Waals surface area contributed by atoms with E-state index >= 15 is 0 Å². The molecule has 0 aromatic carbocycles. The van der Waals surface area contributed by atoms with Crippen molar-refractivity contribution in [2.24, 2.45) is 0 Å². The molecule has 0 aromatic rings. The summed E-state index contributed by atoms with van der Waals surface area (Å²) in [4.78, 5) is 0. The molecule has 0 spiro atoms. The maximum atomic E-state index is 8.74. The van der Waals surface area contributed by atoms with Crippen LogP contribution in [0, 0.1) is 0 Å². The molecule has 42 valence electrons. The van der Waals surface area contributed by atoms with E-state index in [0.29, 0.717) is 0 Å². The van der Waals surface area contributed by atoms with Crippen molar-refractivity contribution in [1.29, 1.82) is 0 Å². The largest absolute Gasteiger partial charge is 2.00 e. The summed E-state index contributed by atoms with van der Waals surface area (Å²) in [6.07, 6.45) is 0. The summed E-state index contributed by atoms with van der Waals surface area (Å²) in [6, 6.07) is 0. The quantitative estimate of drug-likeness (QED) is 0.326. The van der Waals surface area contributed by atoms with Gasteiger partial charge in [0.1, 0.15) is 0 Å². The zero-order valence-electron chi connectivity index (χ0n) is 4.83. The molecule has 0 aliphatic rings. The molecule has 0 bridgehead atoms. The number of hydrogen-bond donors (Lipinski definition) is 2. The van der Waals surface area contributed by atoms with Crippen LogP contribution in [0.2, 0.25) is 0 Å². The van der Waals surface area contributed by atoms with Gasteiger partial charge in [0, 0.05) is 0 Å². The molecule has 0 fully saturated rings. The first-order chi connectivity index (χ1) is 2.00. The van der Waals surface area contributed by atoms with E-state index in [9.17, 15) is 0 Å². The van der Waals surface area contributed by atoms with Gasteiger partial charge in [-0.15, -0.1) is 0 Å². The molecule has 2 N–H and O–H groups in total. The second-order valence-electron chi connectivity index (χ2n) is 0.448. The van der Waals surface area contributed by atoms with Gasteiger partial charge in [0.05, 0.1) is 0 Å². The molecule has 0 heterocycles. The van der Waals surface area contributed by atoms with Gasteiger partial charge in [-0.3, -0.25) is 9.11 Å². The van der Waals surface area contributed by atoms with E-state index in [1.807, 2.05) is 0 Å². The van der Waals surface area contributed by atoms with Crippen LogP contribution >= 0.6 is 0 Å². The maximum absolute atomic E-state index is 8.74. The Morgan fingerprint density at radius 3 is 1.29 bits per heavy atom. The Morgan fingerprint density at radius 1 is 1.29 bits per heavy atom. The van der Waals surface area contributed by atoms with E-state index in [0.717, 1.165) is 0 Å². The van der Waals surface area contributed by atoms with Crippen molar-refractivity contribution in [1.82, 2.24) is 0 Å². The van der Waals surface area contributed by atoms with E-state index in [4.69, 9.17) is 17.5 Å². The number of rotatable bonds is 0. The minimum absolute atomic E-state index is 0. The molecule has 0 unspecified atom stereocenters. The summed E-state index contributed by atoms with van der Waals surface area (Å²) in [5, 5.41) is 0. The Hall–Kier alpha value is 1.66. The normalized spacial score (nSPS) is 8.29. The Labute approximate surface area is 85.0 Å². The van der Waals surface area contributed by atoms with E-state index in [2.05, 4.69) is 0 Å². The van der Waals surface area contributed by atoms with Crippen molar-refractivity contribution in [2.45, 2.75) is 0 Å². The molecule has 7 heteroatoms. The minimum atomic E-state index is -4.67. The van der Waals surface area contributed by atoms with Crippen LogP contribution in [0.3, 0.4) is 0 Å². The molecule has 0 saturated heterocycles. The topological polar surface area (TPSA) is 74.6 Å². The molecule has 7 heavy (non-hydrogen) atoms. The van der Waals surface area contributed by atoms with Crippen LogP contribution in [0.4, 0.5) is 0 Å². The second kappa shape index (κ2) is 5.79. The molecule has 0 rings (SSSR count). The molecule has 0 saturated carbocycles. The van der Waals surface area contributed by atoms with E-state index < -0.39 is 10.4 Å². The van der Waals surface area contributed by atoms with Crippen LogP contribution in [-0.4, -0.2) is 72.6 Å². The second-order valence-corrected chi connectivity index (χ2v) is 1.34. The van der Waals surface area contributed by atoms with Crippen LogP contribution in [0.15, 0.2) is 0 Å². The van der Waals surface area contributed by atoms with Crippen molar-refractivity contribution < 1.29 is 20.4 Å². The first-order valence-electron chi connectivity index (χ1n) is 0.698. The third kappa shape index (κ3) is 88.9. The van der Waals surface area contributed by atoms with Crippen LogP contribution in [0.1, 0.15) is 2.85 Å². The molecule has 0 atom stereocenters. The fourth-order valence-corrected chi connectivity index (χ4v) is 0. The van der Waals surface area contributed by atoms with Crippen molar-refractivity contribution >= 4 is 65.5 Å². The zero-order chi connectivity index (χ0) is 4.50. The van der Waals surface area contributed by atoms with Gasteiger partial charge in [-0.25, -0.2) is 0 Å². The average Bonchev–Trinajstić information content (AvgIpc) is 0.722. The molecule has 0 aliphatic carbocycles. The first kappa shape index (κ1) is 15.9. The van der Waals surface area contributed by atoms with E-state index in [1.54, 1.807) is 0 Å². The summed E-state index contributed by atoms with van der Waals surface area (Å²) in [5.74, 6) is 0. The predicted octanol–water partition coefficient (Wildman–Crippen LogP) is -1.99. The monoisotopic (exact) mass is 170 g/mol. The third-order valence-corrected chi connectivity index (χ3v) is 0. The van der Waals surface area contributed by atoms with Gasteiger partial charge in [0.25, 0.3) is 0 Å². The standard InChI is InChI=1S/Al.Ca.H2O4S.5H/c;;1-5(2,3)4;;;;;/h;;(H2,1,2,3,4);;;;;/q;+2;;;;;2*-1.